The molecule has 3 amide bonds. The number of hydrogen-bond acceptors (Lipinski definition) is 6. The Labute approximate surface area is 251 Å². The highest BCUT2D eigenvalue weighted by Crippen LogP contribution is 2.35. The van der Waals surface area contributed by atoms with Crippen LogP contribution >= 0.6 is 11.6 Å². The van der Waals surface area contributed by atoms with Crippen molar-refractivity contribution in [2.75, 3.05) is 6.54 Å². The summed E-state index contributed by atoms with van der Waals surface area (Å²) in [6.07, 6.45) is 0.421. The van der Waals surface area contributed by atoms with Gasteiger partial charge in [-0.2, -0.15) is 19.1 Å². The average Bonchev–Trinajstić information content (AvgIpc) is 3.32. The number of amides is 3. The highest BCUT2D eigenvalue weighted by molar-refractivity contribution is 6.31. The lowest BCUT2D eigenvalue weighted by Crippen LogP contribution is -2.54. The number of halogens is 3. The zero-order chi connectivity index (χ0) is 31.0. The maximum atomic E-state index is 14.3. The van der Waals surface area contributed by atoms with E-state index in [1.165, 1.54) is 31.2 Å². The minimum absolute atomic E-state index is 0.000630. The van der Waals surface area contributed by atoms with Gasteiger partial charge in [-0.3, -0.25) is 19.1 Å². The van der Waals surface area contributed by atoms with Crippen LogP contribution in [0.25, 0.3) is 0 Å². The number of aromatic nitrogens is 2. The first-order chi connectivity index (χ1) is 20.5. The molecule has 1 N–H and O–H groups in total. The van der Waals surface area contributed by atoms with E-state index in [1.54, 1.807) is 32.7 Å². The van der Waals surface area contributed by atoms with E-state index in [2.05, 4.69) is 10.1 Å². The van der Waals surface area contributed by atoms with Crippen molar-refractivity contribution in [2.45, 2.75) is 65.0 Å². The number of ether oxygens (including phenoxy) is 1. The van der Waals surface area contributed by atoms with Crippen LogP contribution in [0.5, 0.6) is 5.75 Å². The largest absolute Gasteiger partial charge is 0.435 e. The van der Waals surface area contributed by atoms with E-state index in [9.17, 15) is 28.4 Å². The van der Waals surface area contributed by atoms with E-state index in [4.69, 9.17) is 16.7 Å². The summed E-state index contributed by atoms with van der Waals surface area (Å²) in [4.78, 5) is 42.9. The van der Waals surface area contributed by atoms with Crippen molar-refractivity contribution < 1.29 is 27.9 Å². The van der Waals surface area contributed by atoms with Gasteiger partial charge in [0.05, 0.1) is 41.5 Å². The van der Waals surface area contributed by atoms with Crippen molar-refractivity contribution in [2.24, 2.45) is 0 Å². The number of nitrogens with one attached hydrogen (secondary N) is 1. The Balaban J connectivity index is 1.48. The zero-order valence-corrected chi connectivity index (χ0v) is 24.4. The van der Waals surface area contributed by atoms with Gasteiger partial charge < -0.3 is 19.9 Å². The third kappa shape index (κ3) is 5.90. The second-order valence-corrected chi connectivity index (χ2v) is 11.1. The van der Waals surface area contributed by atoms with Crippen molar-refractivity contribution in [1.29, 1.82) is 5.26 Å². The normalized spacial score (nSPS) is 18.5. The number of hydrogen-bond donors (Lipinski definition) is 1. The lowest BCUT2D eigenvalue weighted by molar-refractivity contribution is -0.119. The summed E-state index contributed by atoms with van der Waals surface area (Å²) < 4.78 is 31.4. The molecule has 10 nitrogen and oxygen atoms in total. The molecule has 0 unspecified atom stereocenters. The number of alkyl halides is 2. The number of nitrogens with zero attached hydrogens (tertiary/aromatic N) is 5. The minimum atomic E-state index is -2.96. The number of fused-ring (bicyclic) bond motifs is 3. The fraction of sp³-hybridized carbons (Fsp3) is 0.367. The molecule has 3 heterocycles. The molecule has 3 atom stereocenters. The molecule has 3 aromatic rings. The van der Waals surface area contributed by atoms with E-state index >= 15 is 0 Å². The minimum Gasteiger partial charge on any atom is -0.435 e. The van der Waals surface area contributed by atoms with Crippen LogP contribution in [-0.2, 0) is 24.3 Å². The Hall–Kier alpha value is -4.50. The van der Waals surface area contributed by atoms with Crippen LogP contribution in [0.2, 0.25) is 5.02 Å². The highest BCUT2D eigenvalue weighted by atomic mass is 35.5. The van der Waals surface area contributed by atoms with E-state index in [1.807, 2.05) is 19.9 Å². The average molecular weight is 611 g/mol. The number of nitriles is 1. The summed E-state index contributed by atoms with van der Waals surface area (Å²) in [5.74, 6) is -0.867. The molecule has 5 rings (SSSR count). The lowest BCUT2D eigenvalue weighted by atomic mass is 9.96. The number of carbonyl (C=O) groups excluding carboxylic acids is 3. The van der Waals surface area contributed by atoms with E-state index in [0.717, 1.165) is 5.69 Å². The van der Waals surface area contributed by atoms with Gasteiger partial charge in [0.2, 0.25) is 5.91 Å². The molecule has 2 aliphatic heterocycles. The van der Waals surface area contributed by atoms with Gasteiger partial charge in [-0.15, -0.1) is 0 Å². The predicted molar refractivity (Wildman–Crippen MR) is 152 cm³/mol. The summed E-state index contributed by atoms with van der Waals surface area (Å²) in [6.45, 7) is 2.78. The van der Waals surface area contributed by atoms with Crippen LogP contribution in [0, 0.1) is 11.3 Å². The molecule has 0 saturated heterocycles. The SMILES string of the molecule is CC(=O)NC[C@H]1Cn2nc3c(c2C(=O)N1[C@@H](C)c1ccc(OC(F)F)cc1)CN(C(=O)c1ccc(Cl)c(C#N)c1)[C@H](C)C3. The van der Waals surface area contributed by atoms with Gasteiger partial charge in [-0.25, -0.2) is 0 Å². The number of carbonyl (C=O) groups is 3. The quantitative estimate of drug-likeness (QED) is 0.425. The van der Waals surface area contributed by atoms with E-state index < -0.39 is 18.7 Å². The fourth-order valence-electron chi connectivity index (χ4n) is 5.73. The van der Waals surface area contributed by atoms with Crippen LogP contribution in [-0.4, -0.2) is 62.5 Å². The lowest BCUT2D eigenvalue weighted by Gasteiger charge is -2.41. The molecule has 0 radical (unpaired) electrons. The van der Waals surface area contributed by atoms with Crippen LogP contribution < -0.4 is 10.1 Å². The monoisotopic (exact) mass is 610 g/mol. The molecular formula is C30H29ClF2N6O4. The van der Waals surface area contributed by atoms with Crippen molar-refractivity contribution in [3.63, 3.8) is 0 Å². The van der Waals surface area contributed by atoms with Crippen molar-refractivity contribution >= 4 is 29.3 Å². The van der Waals surface area contributed by atoms with Crippen LogP contribution in [0.1, 0.15) is 70.0 Å². The maximum Gasteiger partial charge on any atom is 0.387 e. The summed E-state index contributed by atoms with van der Waals surface area (Å²) in [7, 11) is 0. The van der Waals surface area contributed by atoms with Crippen LogP contribution in [0.4, 0.5) is 8.78 Å². The molecule has 2 aromatic carbocycles. The summed E-state index contributed by atoms with van der Waals surface area (Å²) in [6, 6.07) is 11.4. The summed E-state index contributed by atoms with van der Waals surface area (Å²) in [5.41, 5.74) is 2.91. The first-order valence-corrected chi connectivity index (χ1v) is 14.1. The summed E-state index contributed by atoms with van der Waals surface area (Å²) in [5, 5.41) is 17.2. The predicted octanol–water partition coefficient (Wildman–Crippen LogP) is 4.32. The molecule has 1 aromatic heterocycles. The molecular weight excluding hydrogens is 582 g/mol. The molecule has 0 aliphatic carbocycles. The van der Waals surface area contributed by atoms with Gasteiger partial charge in [0.25, 0.3) is 11.8 Å². The standard InChI is InChI=1S/C30H29ClF2N6O4/c1-16-10-26-24(15-37(16)28(41)20-6-9-25(31)21(11-20)12-34)27-29(42)39(22(13-35-18(3)40)14-38(27)36-26)17(2)19-4-7-23(8-5-19)43-30(32)33/h4-9,11,16-17,22,30H,10,13-15H2,1-3H3,(H,35,40)/t16-,17+,22+/m1/s1. The zero-order valence-electron chi connectivity index (χ0n) is 23.7. The van der Waals surface area contributed by atoms with E-state index in [0.29, 0.717) is 35.3 Å². The van der Waals surface area contributed by atoms with E-state index in [-0.39, 0.29) is 53.2 Å². The Morgan fingerprint density at radius 1 is 1.23 bits per heavy atom. The Kier molecular flexibility index (Phi) is 8.37. The highest BCUT2D eigenvalue weighted by Gasteiger charge is 2.42. The van der Waals surface area contributed by atoms with Crippen LogP contribution in [0.15, 0.2) is 42.5 Å². The third-order valence-electron chi connectivity index (χ3n) is 7.88. The molecule has 0 saturated carbocycles. The van der Waals surface area contributed by atoms with Gasteiger partial charge in [0, 0.05) is 37.1 Å². The number of rotatable bonds is 7. The van der Waals surface area contributed by atoms with Gasteiger partial charge in [-0.1, -0.05) is 23.7 Å². The van der Waals surface area contributed by atoms with Gasteiger partial charge in [0.1, 0.15) is 17.5 Å². The molecule has 0 bridgehead atoms. The molecule has 224 valence electrons. The Morgan fingerprint density at radius 3 is 2.60 bits per heavy atom. The topological polar surface area (TPSA) is 121 Å². The van der Waals surface area contributed by atoms with Crippen molar-refractivity contribution in [3.05, 3.63) is 81.1 Å². The smallest absolute Gasteiger partial charge is 0.387 e. The molecule has 13 heteroatoms. The molecule has 0 spiro atoms. The first-order valence-electron chi connectivity index (χ1n) is 13.7. The first kappa shape index (κ1) is 30.0. The Bertz CT molecular complexity index is 1620. The second-order valence-electron chi connectivity index (χ2n) is 10.7. The van der Waals surface area contributed by atoms with Crippen LogP contribution in [0.3, 0.4) is 0 Å². The maximum absolute atomic E-state index is 14.3. The second kappa shape index (κ2) is 12.0. The van der Waals surface area contributed by atoms with Gasteiger partial charge >= 0.3 is 6.61 Å². The third-order valence-corrected chi connectivity index (χ3v) is 8.21. The van der Waals surface area contributed by atoms with Crippen molar-refractivity contribution in [3.8, 4) is 11.8 Å². The Morgan fingerprint density at radius 2 is 1.95 bits per heavy atom. The molecule has 2 aliphatic rings. The fourth-order valence-corrected chi connectivity index (χ4v) is 5.89. The molecule has 0 fully saturated rings. The molecule has 43 heavy (non-hydrogen) atoms. The summed E-state index contributed by atoms with van der Waals surface area (Å²) >= 11 is 6.07. The van der Waals surface area contributed by atoms with Gasteiger partial charge in [0.15, 0.2) is 0 Å². The van der Waals surface area contributed by atoms with Crippen molar-refractivity contribution in [1.82, 2.24) is 24.9 Å². The number of benzene rings is 2. The van der Waals surface area contributed by atoms with Gasteiger partial charge in [-0.05, 0) is 49.7 Å².